The first-order valence-electron chi connectivity index (χ1n) is 7.88. The number of carbonyl (C=O) groups is 2. The van der Waals surface area contributed by atoms with E-state index in [-0.39, 0.29) is 24.9 Å². The van der Waals surface area contributed by atoms with Crippen LogP contribution in [0.4, 0.5) is 5.69 Å². The monoisotopic (exact) mass is 372 g/mol. The summed E-state index contributed by atoms with van der Waals surface area (Å²) in [4.78, 5) is 23.8. The van der Waals surface area contributed by atoms with Gasteiger partial charge in [-0.25, -0.2) is 4.79 Å². The Bertz CT molecular complexity index is 603. The molecule has 1 aromatic carbocycles. The van der Waals surface area contributed by atoms with Crippen molar-refractivity contribution >= 4 is 30.0 Å². The first-order valence-corrected chi connectivity index (χ1v) is 7.88. The Balaban J connectivity index is 0.00000312. The molecule has 1 heterocycles. The number of hydrogen-bond donors (Lipinski definition) is 2. The molecule has 8 heteroatoms. The van der Waals surface area contributed by atoms with Crippen molar-refractivity contribution in [2.24, 2.45) is 0 Å². The Morgan fingerprint density at radius 2 is 1.92 bits per heavy atom. The van der Waals surface area contributed by atoms with Gasteiger partial charge in [0.2, 0.25) is 0 Å². The quantitative estimate of drug-likeness (QED) is 0.739. The van der Waals surface area contributed by atoms with Gasteiger partial charge < -0.3 is 24.8 Å². The molecule has 0 unspecified atom stereocenters. The summed E-state index contributed by atoms with van der Waals surface area (Å²) in [5.74, 6) is -0.0463. The molecule has 0 radical (unpaired) electrons. The van der Waals surface area contributed by atoms with Crippen molar-refractivity contribution in [3.05, 3.63) is 23.8 Å². The number of aryl methyl sites for hydroxylation is 1. The summed E-state index contributed by atoms with van der Waals surface area (Å²) in [6.07, 6.45) is 1.27. The Morgan fingerprint density at radius 1 is 1.24 bits per heavy atom. The lowest BCUT2D eigenvalue weighted by Crippen LogP contribution is -2.51. The highest BCUT2D eigenvalue weighted by molar-refractivity contribution is 5.98. The molecular formula is C17H25ClN2O5. The maximum atomic E-state index is 12.7. The second kappa shape index (κ2) is 9.60. The van der Waals surface area contributed by atoms with Crippen LogP contribution in [0.5, 0.6) is 5.75 Å². The van der Waals surface area contributed by atoms with Crippen molar-refractivity contribution < 1.29 is 23.8 Å². The number of rotatable bonds is 6. The number of methoxy groups -OCH3 is 2. The normalized spacial score (nSPS) is 15.6. The fourth-order valence-electron chi connectivity index (χ4n) is 2.66. The molecule has 0 bridgehead atoms. The Hall–Kier alpha value is -1.83. The summed E-state index contributed by atoms with van der Waals surface area (Å²) in [7, 11) is 2.88. The zero-order valence-corrected chi connectivity index (χ0v) is 15.5. The van der Waals surface area contributed by atoms with Gasteiger partial charge in [-0.15, -0.1) is 12.4 Å². The number of ether oxygens (including phenoxy) is 3. The van der Waals surface area contributed by atoms with Crippen molar-refractivity contribution in [3.8, 4) is 5.75 Å². The molecule has 0 spiro atoms. The van der Waals surface area contributed by atoms with Gasteiger partial charge in [-0.2, -0.15) is 0 Å². The van der Waals surface area contributed by atoms with Crippen molar-refractivity contribution in [1.82, 2.24) is 5.32 Å². The average Bonchev–Trinajstić information content (AvgIpc) is 2.62. The van der Waals surface area contributed by atoms with Crippen LogP contribution in [0.2, 0.25) is 0 Å². The third-order valence-corrected chi connectivity index (χ3v) is 4.25. The smallest absolute Gasteiger partial charge is 0.343 e. The minimum atomic E-state index is -0.794. The van der Waals surface area contributed by atoms with E-state index in [1.54, 1.807) is 25.3 Å². The molecular weight excluding hydrogens is 348 g/mol. The topological polar surface area (TPSA) is 85.9 Å². The van der Waals surface area contributed by atoms with Gasteiger partial charge >= 0.3 is 5.97 Å². The van der Waals surface area contributed by atoms with Crippen LogP contribution in [0, 0.1) is 6.92 Å². The number of halogens is 1. The van der Waals surface area contributed by atoms with E-state index < -0.39 is 11.6 Å². The summed E-state index contributed by atoms with van der Waals surface area (Å²) >= 11 is 0. The predicted molar refractivity (Wildman–Crippen MR) is 96.4 cm³/mol. The zero-order chi connectivity index (χ0) is 17.6. The lowest BCUT2D eigenvalue weighted by atomic mass is 9.91. The number of benzene rings is 1. The van der Waals surface area contributed by atoms with Gasteiger partial charge in [-0.3, -0.25) is 4.79 Å². The van der Waals surface area contributed by atoms with E-state index in [0.29, 0.717) is 24.3 Å². The van der Waals surface area contributed by atoms with E-state index in [9.17, 15) is 9.59 Å². The number of nitrogens with one attached hydrogen (secondary N) is 2. The lowest BCUT2D eigenvalue weighted by molar-refractivity contribution is -0.143. The largest absolute Gasteiger partial charge is 0.482 e. The number of amides is 1. The van der Waals surface area contributed by atoms with Crippen LogP contribution < -0.4 is 15.4 Å². The molecule has 0 aromatic heterocycles. The van der Waals surface area contributed by atoms with Crippen molar-refractivity contribution in [3.63, 3.8) is 0 Å². The molecule has 1 saturated heterocycles. The van der Waals surface area contributed by atoms with Gasteiger partial charge in [0.25, 0.3) is 5.91 Å². The Morgan fingerprint density at radius 3 is 2.48 bits per heavy atom. The molecule has 25 heavy (non-hydrogen) atoms. The maximum absolute atomic E-state index is 12.7. The maximum Gasteiger partial charge on any atom is 0.343 e. The average molecular weight is 373 g/mol. The van der Waals surface area contributed by atoms with Crippen molar-refractivity contribution in [2.75, 3.05) is 39.2 Å². The molecule has 0 aliphatic carbocycles. The Kier molecular flexibility index (Phi) is 8.15. The van der Waals surface area contributed by atoms with Crippen molar-refractivity contribution in [2.45, 2.75) is 25.4 Å². The second-order valence-corrected chi connectivity index (χ2v) is 5.74. The highest BCUT2D eigenvalue weighted by atomic mass is 35.5. The predicted octanol–water partition coefficient (Wildman–Crippen LogP) is 1.68. The second-order valence-electron chi connectivity index (χ2n) is 5.74. The van der Waals surface area contributed by atoms with Gasteiger partial charge in [-0.1, -0.05) is 0 Å². The highest BCUT2D eigenvalue weighted by Crippen LogP contribution is 2.27. The molecule has 1 aliphatic heterocycles. The van der Waals surface area contributed by atoms with E-state index in [2.05, 4.69) is 15.4 Å². The standard InChI is InChI=1S/C17H24N2O5.ClH/c1-12-10-13(24-11-15(20)22-2)4-5-14(12)19-16(21)17(23-3)6-8-18-9-7-17;/h4-5,10,18H,6-9,11H2,1-3H3,(H,19,21);1H. The Labute approximate surface area is 153 Å². The summed E-state index contributed by atoms with van der Waals surface area (Å²) in [5, 5.41) is 6.16. The molecule has 0 saturated carbocycles. The summed E-state index contributed by atoms with van der Waals surface area (Å²) < 4.78 is 15.4. The first kappa shape index (κ1) is 21.2. The van der Waals surface area contributed by atoms with E-state index in [1.807, 2.05) is 6.92 Å². The summed E-state index contributed by atoms with van der Waals surface area (Å²) in [6.45, 7) is 3.21. The molecule has 2 N–H and O–H groups in total. The molecule has 140 valence electrons. The van der Waals surface area contributed by atoms with Crippen LogP contribution in [-0.2, 0) is 19.1 Å². The molecule has 1 aliphatic rings. The molecule has 1 aromatic rings. The van der Waals surface area contributed by atoms with Gasteiger partial charge in [0.1, 0.15) is 11.4 Å². The zero-order valence-electron chi connectivity index (χ0n) is 14.7. The molecule has 2 rings (SSSR count). The number of piperidine rings is 1. The fourth-order valence-corrected chi connectivity index (χ4v) is 2.66. The van der Waals surface area contributed by atoms with Crippen LogP contribution in [0.15, 0.2) is 18.2 Å². The third kappa shape index (κ3) is 5.32. The first-order chi connectivity index (χ1) is 11.5. The fraction of sp³-hybridized carbons (Fsp3) is 0.529. The SMILES string of the molecule is COC(=O)COc1ccc(NC(=O)C2(OC)CCNCC2)c(C)c1.Cl. The van der Waals surface area contributed by atoms with Crippen LogP contribution in [0.1, 0.15) is 18.4 Å². The number of carbonyl (C=O) groups excluding carboxylic acids is 2. The highest BCUT2D eigenvalue weighted by Gasteiger charge is 2.39. The van der Waals surface area contributed by atoms with Crippen LogP contribution >= 0.6 is 12.4 Å². The molecule has 1 fully saturated rings. The van der Waals surface area contributed by atoms with E-state index in [4.69, 9.17) is 9.47 Å². The van der Waals surface area contributed by atoms with Gasteiger partial charge in [0.15, 0.2) is 6.61 Å². The lowest BCUT2D eigenvalue weighted by Gasteiger charge is -2.34. The van der Waals surface area contributed by atoms with E-state index in [1.165, 1.54) is 7.11 Å². The summed E-state index contributed by atoms with van der Waals surface area (Å²) in [6, 6.07) is 5.22. The third-order valence-electron chi connectivity index (χ3n) is 4.25. The van der Waals surface area contributed by atoms with Crippen LogP contribution in [0.25, 0.3) is 0 Å². The molecule has 7 nitrogen and oxygen atoms in total. The van der Waals surface area contributed by atoms with Gasteiger partial charge in [0, 0.05) is 12.8 Å². The number of anilines is 1. The summed E-state index contributed by atoms with van der Waals surface area (Å²) in [5.41, 5.74) is 0.740. The van der Waals surface area contributed by atoms with Crippen LogP contribution in [-0.4, -0.2) is 51.4 Å². The minimum absolute atomic E-state index is 0. The number of esters is 1. The molecule has 1 amide bonds. The minimum Gasteiger partial charge on any atom is -0.482 e. The van der Waals surface area contributed by atoms with E-state index >= 15 is 0 Å². The molecule has 0 atom stereocenters. The van der Waals surface area contributed by atoms with Crippen LogP contribution in [0.3, 0.4) is 0 Å². The van der Waals surface area contributed by atoms with Crippen molar-refractivity contribution in [1.29, 1.82) is 0 Å². The van der Waals surface area contributed by atoms with Gasteiger partial charge in [0.05, 0.1) is 7.11 Å². The number of hydrogen-bond acceptors (Lipinski definition) is 6. The van der Waals surface area contributed by atoms with E-state index in [0.717, 1.165) is 18.7 Å². The van der Waals surface area contributed by atoms with Gasteiger partial charge in [-0.05, 0) is 56.6 Å².